The Morgan fingerprint density at radius 1 is 1.07 bits per heavy atom. The summed E-state index contributed by atoms with van der Waals surface area (Å²) in [7, 11) is 2.00. The van der Waals surface area contributed by atoms with Gasteiger partial charge >= 0.3 is 0 Å². The van der Waals surface area contributed by atoms with Gasteiger partial charge in [-0.15, -0.1) is 0 Å². The molecule has 1 N–H and O–H groups in total. The molecule has 1 saturated heterocycles. The van der Waals surface area contributed by atoms with Crippen molar-refractivity contribution in [3.05, 3.63) is 65.1 Å². The molecule has 3 aromatic rings. The normalized spacial score (nSPS) is 16.3. The Morgan fingerprint density at radius 3 is 2.48 bits per heavy atom. The van der Waals surface area contributed by atoms with E-state index in [4.69, 9.17) is 11.6 Å². The molecular formula is C22H25ClFN3. The highest BCUT2D eigenvalue weighted by atomic mass is 35.5. The summed E-state index contributed by atoms with van der Waals surface area (Å²) in [6, 6.07) is 14.9. The van der Waals surface area contributed by atoms with Crippen molar-refractivity contribution in [2.75, 3.05) is 33.2 Å². The summed E-state index contributed by atoms with van der Waals surface area (Å²) in [4.78, 5) is 2.51. The second kappa shape index (κ2) is 8.01. The summed E-state index contributed by atoms with van der Waals surface area (Å²) in [5.74, 6) is 0.218. The lowest BCUT2D eigenvalue weighted by molar-refractivity contribution is 0.214. The molecule has 0 unspecified atom stereocenters. The molecule has 1 aliphatic rings. The summed E-state index contributed by atoms with van der Waals surface area (Å²) >= 11 is 6.93. The monoisotopic (exact) mass is 385 g/mol. The maximum absolute atomic E-state index is 13.4. The van der Waals surface area contributed by atoms with Crippen LogP contribution in [0.5, 0.6) is 0 Å². The molecule has 0 atom stereocenters. The molecule has 0 amide bonds. The SMILES string of the molecule is CNCCN1CCC(c2c(Cl)n(-c3ccc(F)cc3)c3ccccc23)CC1. The first-order valence-electron chi connectivity index (χ1n) is 9.60. The number of piperidine rings is 1. The van der Waals surface area contributed by atoms with E-state index in [-0.39, 0.29) is 5.82 Å². The Labute approximate surface area is 164 Å². The van der Waals surface area contributed by atoms with Crippen molar-refractivity contribution in [3.63, 3.8) is 0 Å². The first-order valence-corrected chi connectivity index (χ1v) is 9.98. The predicted octanol–water partition coefficient (Wildman–Crippen LogP) is 4.82. The van der Waals surface area contributed by atoms with E-state index >= 15 is 0 Å². The second-order valence-electron chi connectivity index (χ2n) is 7.25. The molecular weight excluding hydrogens is 361 g/mol. The maximum atomic E-state index is 13.4. The quantitative estimate of drug-likeness (QED) is 0.679. The van der Waals surface area contributed by atoms with E-state index in [1.807, 2.05) is 13.1 Å². The van der Waals surface area contributed by atoms with Crippen molar-refractivity contribution in [1.82, 2.24) is 14.8 Å². The molecule has 0 spiro atoms. The number of para-hydroxylation sites is 1. The van der Waals surface area contributed by atoms with E-state index in [2.05, 4.69) is 33.0 Å². The van der Waals surface area contributed by atoms with Gasteiger partial charge in [0.15, 0.2) is 0 Å². The molecule has 1 fully saturated rings. The van der Waals surface area contributed by atoms with Crippen molar-refractivity contribution in [2.45, 2.75) is 18.8 Å². The Hall–Kier alpha value is -1.88. The summed E-state index contributed by atoms with van der Waals surface area (Å²) in [5.41, 5.74) is 3.22. The maximum Gasteiger partial charge on any atom is 0.123 e. The minimum atomic E-state index is -0.236. The van der Waals surface area contributed by atoms with E-state index < -0.39 is 0 Å². The fraction of sp³-hybridized carbons (Fsp3) is 0.364. The third-order valence-electron chi connectivity index (χ3n) is 5.61. The van der Waals surface area contributed by atoms with Crippen molar-refractivity contribution in [3.8, 4) is 5.69 Å². The number of rotatable bonds is 5. The standard InChI is InChI=1S/C22H25ClFN3/c1-25-12-15-26-13-10-16(11-14-26)21-19-4-2-3-5-20(19)27(22(21)23)18-8-6-17(24)7-9-18/h2-9,16,25H,10-15H2,1H3. The van der Waals surface area contributed by atoms with Crippen LogP contribution in [-0.4, -0.2) is 42.7 Å². The molecule has 3 nitrogen and oxygen atoms in total. The zero-order chi connectivity index (χ0) is 18.8. The Kier molecular flexibility index (Phi) is 5.48. The van der Waals surface area contributed by atoms with Crippen LogP contribution in [0.15, 0.2) is 48.5 Å². The molecule has 2 heterocycles. The van der Waals surface area contributed by atoms with Crippen LogP contribution in [0.1, 0.15) is 24.3 Å². The number of hydrogen-bond donors (Lipinski definition) is 1. The molecule has 4 rings (SSSR count). The van der Waals surface area contributed by atoms with Crippen molar-refractivity contribution in [2.24, 2.45) is 0 Å². The molecule has 27 heavy (non-hydrogen) atoms. The smallest absolute Gasteiger partial charge is 0.123 e. The number of benzene rings is 2. The molecule has 0 aliphatic carbocycles. The van der Waals surface area contributed by atoms with E-state index in [0.717, 1.165) is 55.4 Å². The molecule has 1 aromatic heterocycles. The van der Waals surface area contributed by atoms with Crippen molar-refractivity contribution >= 4 is 22.5 Å². The summed E-state index contributed by atoms with van der Waals surface area (Å²) in [5, 5.41) is 5.19. The summed E-state index contributed by atoms with van der Waals surface area (Å²) in [6.07, 6.45) is 2.22. The van der Waals surface area contributed by atoms with Gasteiger partial charge in [0.1, 0.15) is 11.0 Å². The van der Waals surface area contributed by atoms with Gasteiger partial charge in [-0.3, -0.25) is 4.57 Å². The highest BCUT2D eigenvalue weighted by Crippen LogP contribution is 2.41. The van der Waals surface area contributed by atoms with Crippen LogP contribution >= 0.6 is 11.6 Å². The van der Waals surface area contributed by atoms with Gasteiger partial charge in [-0.05, 0) is 69.2 Å². The minimum absolute atomic E-state index is 0.236. The van der Waals surface area contributed by atoms with Crippen LogP contribution in [0, 0.1) is 5.82 Å². The zero-order valence-electron chi connectivity index (χ0n) is 15.6. The van der Waals surface area contributed by atoms with E-state index in [1.165, 1.54) is 23.1 Å². The van der Waals surface area contributed by atoms with E-state index in [0.29, 0.717) is 5.92 Å². The Balaban J connectivity index is 1.70. The number of likely N-dealkylation sites (tertiary alicyclic amines) is 1. The van der Waals surface area contributed by atoms with Crippen LogP contribution in [0.25, 0.3) is 16.6 Å². The zero-order valence-corrected chi connectivity index (χ0v) is 16.3. The number of hydrogen-bond acceptors (Lipinski definition) is 2. The van der Waals surface area contributed by atoms with Crippen LogP contribution in [0.3, 0.4) is 0 Å². The first-order chi connectivity index (χ1) is 13.2. The number of halogens is 2. The minimum Gasteiger partial charge on any atom is -0.318 e. The van der Waals surface area contributed by atoms with Gasteiger partial charge in [0.25, 0.3) is 0 Å². The first kappa shape index (κ1) is 18.5. The second-order valence-corrected chi connectivity index (χ2v) is 7.61. The Morgan fingerprint density at radius 2 is 1.78 bits per heavy atom. The average molecular weight is 386 g/mol. The molecule has 142 valence electrons. The van der Waals surface area contributed by atoms with Gasteiger partial charge in [-0.25, -0.2) is 4.39 Å². The Bertz CT molecular complexity index is 911. The van der Waals surface area contributed by atoms with Crippen molar-refractivity contribution < 1.29 is 4.39 Å². The molecule has 2 aromatic carbocycles. The number of likely N-dealkylation sites (N-methyl/N-ethyl adjacent to an activating group) is 1. The molecule has 0 bridgehead atoms. The summed E-state index contributed by atoms with van der Waals surface area (Å²) < 4.78 is 15.4. The van der Waals surface area contributed by atoms with Gasteiger partial charge in [-0.1, -0.05) is 29.8 Å². The van der Waals surface area contributed by atoms with Crippen LogP contribution in [0.4, 0.5) is 4.39 Å². The lowest BCUT2D eigenvalue weighted by Crippen LogP contribution is -2.37. The van der Waals surface area contributed by atoms with Crippen LogP contribution in [-0.2, 0) is 0 Å². The molecule has 5 heteroatoms. The van der Waals surface area contributed by atoms with E-state index in [1.54, 1.807) is 12.1 Å². The summed E-state index contributed by atoms with van der Waals surface area (Å²) in [6.45, 7) is 4.31. The number of fused-ring (bicyclic) bond motifs is 1. The lowest BCUT2D eigenvalue weighted by Gasteiger charge is -2.32. The third kappa shape index (κ3) is 3.62. The van der Waals surface area contributed by atoms with Crippen LogP contribution in [0.2, 0.25) is 5.15 Å². The fourth-order valence-corrected chi connectivity index (χ4v) is 4.62. The topological polar surface area (TPSA) is 20.2 Å². The third-order valence-corrected chi connectivity index (χ3v) is 5.99. The fourth-order valence-electron chi connectivity index (χ4n) is 4.18. The molecule has 1 aliphatic heterocycles. The lowest BCUT2D eigenvalue weighted by atomic mass is 9.89. The van der Waals surface area contributed by atoms with Gasteiger partial charge in [0.2, 0.25) is 0 Å². The van der Waals surface area contributed by atoms with Crippen molar-refractivity contribution in [1.29, 1.82) is 0 Å². The predicted molar refractivity (Wildman–Crippen MR) is 111 cm³/mol. The highest BCUT2D eigenvalue weighted by molar-refractivity contribution is 6.32. The average Bonchev–Trinajstić information content (AvgIpc) is 2.99. The number of nitrogens with one attached hydrogen (secondary N) is 1. The number of nitrogens with zero attached hydrogens (tertiary/aromatic N) is 2. The van der Waals surface area contributed by atoms with Crippen LogP contribution < -0.4 is 5.32 Å². The molecule has 0 radical (unpaired) electrons. The van der Waals surface area contributed by atoms with Gasteiger partial charge in [0, 0.05) is 29.7 Å². The number of aromatic nitrogens is 1. The van der Waals surface area contributed by atoms with Gasteiger partial charge in [0.05, 0.1) is 5.52 Å². The highest BCUT2D eigenvalue weighted by Gasteiger charge is 2.27. The molecule has 0 saturated carbocycles. The largest absolute Gasteiger partial charge is 0.318 e. The van der Waals surface area contributed by atoms with E-state index in [9.17, 15) is 4.39 Å². The van der Waals surface area contributed by atoms with Gasteiger partial charge < -0.3 is 10.2 Å². The van der Waals surface area contributed by atoms with Gasteiger partial charge in [-0.2, -0.15) is 0 Å².